The number of rotatable bonds is 7. The molecular formula is C25H21ClN4O4. The highest BCUT2D eigenvalue weighted by Crippen LogP contribution is 2.29. The van der Waals surface area contributed by atoms with Gasteiger partial charge in [0.2, 0.25) is 11.8 Å². The van der Waals surface area contributed by atoms with Gasteiger partial charge in [-0.3, -0.25) is 0 Å². The summed E-state index contributed by atoms with van der Waals surface area (Å²) < 4.78 is 10.9. The molecular weight excluding hydrogens is 456 g/mol. The van der Waals surface area contributed by atoms with Crippen LogP contribution in [0.4, 0.5) is 10.5 Å². The van der Waals surface area contributed by atoms with Crippen LogP contribution in [-0.2, 0) is 4.74 Å². The molecule has 4 aromatic rings. The summed E-state index contributed by atoms with van der Waals surface area (Å²) in [6.45, 7) is 2.03. The number of anilines is 1. The fraction of sp³-hybridized carbons (Fsp3) is 0.120. The molecule has 3 aromatic carbocycles. The Labute approximate surface area is 200 Å². The second-order valence-electron chi connectivity index (χ2n) is 7.17. The minimum atomic E-state index is -0.705. The van der Waals surface area contributed by atoms with Crippen LogP contribution in [0.15, 0.2) is 83.3 Å². The van der Waals surface area contributed by atoms with Gasteiger partial charge in [-0.05, 0) is 48.9 Å². The van der Waals surface area contributed by atoms with Gasteiger partial charge in [0.05, 0.1) is 22.8 Å². The van der Waals surface area contributed by atoms with Crippen LogP contribution in [0.5, 0.6) is 0 Å². The van der Waals surface area contributed by atoms with E-state index in [-0.39, 0.29) is 18.4 Å². The second kappa shape index (κ2) is 10.6. The number of esters is 1. The van der Waals surface area contributed by atoms with Gasteiger partial charge in [0.15, 0.2) is 0 Å². The van der Waals surface area contributed by atoms with Crippen molar-refractivity contribution in [3.05, 3.63) is 101 Å². The van der Waals surface area contributed by atoms with E-state index in [1.165, 1.54) is 0 Å². The smallest absolute Gasteiger partial charge is 0.338 e. The highest BCUT2D eigenvalue weighted by molar-refractivity contribution is 6.33. The molecule has 2 N–H and O–H groups in total. The number of aromatic nitrogens is 2. The normalized spacial score (nSPS) is 11.5. The van der Waals surface area contributed by atoms with Crippen molar-refractivity contribution < 1.29 is 18.7 Å². The van der Waals surface area contributed by atoms with Gasteiger partial charge in [0.1, 0.15) is 6.04 Å². The molecule has 1 unspecified atom stereocenters. The lowest BCUT2D eigenvalue weighted by Gasteiger charge is -2.16. The zero-order valence-electron chi connectivity index (χ0n) is 18.2. The summed E-state index contributed by atoms with van der Waals surface area (Å²) in [5, 5.41) is 14.3. The SMILES string of the molecule is CCOC(=O)c1ccc(NC(=O)NC(c2ccccc2)c2nnc(-c3ccccc3Cl)o2)cc1. The first kappa shape index (κ1) is 23.0. The Bertz CT molecular complexity index is 1280. The Morgan fingerprint density at radius 1 is 0.971 bits per heavy atom. The second-order valence-corrected chi connectivity index (χ2v) is 7.57. The zero-order valence-corrected chi connectivity index (χ0v) is 19.0. The van der Waals surface area contributed by atoms with Crippen LogP contribution in [-0.4, -0.2) is 28.8 Å². The third-order valence-corrected chi connectivity index (χ3v) is 5.18. The van der Waals surface area contributed by atoms with E-state index in [0.717, 1.165) is 5.56 Å². The molecule has 0 bridgehead atoms. The van der Waals surface area contributed by atoms with E-state index in [4.69, 9.17) is 20.8 Å². The van der Waals surface area contributed by atoms with Crippen molar-refractivity contribution in [2.45, 2.75) is 13.0 Å². The highest BCUT2D eigenvalue weighted by Gasteiger charge is 2.24. The van der Waals surface area contributed by atoms with Crippen LogP contribution >= 0.6 is 11.6 Å². The Kier molecular flexibility index (Phi) is 7.19. The molecule has 0 aliphatic rings. The largest absolute Gasteiger partial charge is 0.462 e. The number of hydrogen-bond acceptors (Lipinski definition) is 6. The van der Waals surface area contributed by atoms with E-state index in [2.05, 4.69) is 20.8 Å². The maximum absolute atomic E-state index is 12.8. The minimum Gasteiger partial charge on any atom is -0.462 e. The Balaban J connectivity index is 1.53. The van der Waals surface area contributed by atoms with Crippen LogP contribution < -0.4 is 10.6 Å². The molecule has 2 amide bonds. The number of urea groups is 1. The number of carbonyl (C=O) groups is 2. The van der Waals surface area contributed by atoms with Crippen molar-refractivity contribution in [3.8, 4) is 11.5 Å². The molecule has 1 aromatic heterocycles. The lowest BCUT2D eigenvalue weighted by molar-refractivity contribution is 0.0526. The van der Waals surface area contributed by atoms with Crippen molar-refractivity contribution in [3.63, 3.8) is 0 Å². The van der Waals surface area contributed by atoms with Gasteiger partial charge in [-0.2, -0.15) is 0 Å². The molecule has 9 heteroatoms. The van der Waals surface area contributed by atoms with Crippen LogP contribution in [0, 0.1) is 0 Å². The van der Waals surface area contributed by atoms with Crippen molar-refractivity contribution in [1.82, 2.24) is 15.5 Å². The predicted molar refractivity (Wildman–Crippen MR) is 128 cm³/mol. The van der Waals surface area contributed by atoms with Gasteiger partial charge in [-0.1, -0.05) is 54.1 Å². The molecule has 0 saturated heterocycles. The minimum absolute atomic E-state index is 0.203. The van der Waals surface area contributed by atoms with E-state index in [1.807, 2.05) is 36.4 Å². The van der Waals surface area contributed by atoms with Crippen molar-refractivity contribution in [2.24, 2.45) is 0 Å². The number of nitrogens with one attached hydrogen (secondary N) is 2. The number of benzene rings is 3. The van der Waals surface area contributed by atoms with Gasteiger partial charge in [-0.25, -0.2) is 9.59 Å². The van der Waals surface area contributed by atoms with Crippen molar-refractivity contribution in [1.29, 1.82) is 0 Å². The molecule has 172 valence electrons. The summed E-state index contributed by atoms with van der Waals surface area (Å²) in [6, 6.07) is 21.6. The van der Waals surface area contributed by atoms with Gasteiger partial charge in [0.25, 0.3) is 0 Å². The van der Waals surface area contributed by atoms with Gasteiger partial charge in [0, 0.05) is 5.69 Å². The first-order valence-corrected chi connectivity index (χ1v) is 10.9. The summed E-state index contributed by atoms with van der Waals surface area (Å²) in [5.41, 5.74) is 2.25. The number of carbonyl (C=O) groups excluding carboxylic acids is 2. The fourth-order valence-electron chi connectivity index (χ4n) is 3.23. The molecule has 1 atom stereocenters. The lowest BCUT2D eigenvalue weighted by Crippen LogP contribution is -2.33. The molecule has 8 nitrogen and oxygen atoms in total. The summed E-state index contributed by atoms with van der Waals surface area (Å²) in [6.07, 6.45) is 0. The number of ether oxygens (including phenoxy) is 1. The molecule has 0 aliphatic heterocycles. The monoisotopic (exact) mass is 476 g/mol. The van der Waals surface area contributed by atoms with Gasteiger partial charge >= 0.3 is 12.0 Å². The third kappa shape index (κ3) is 5.41. The molecule has 0 saturated carbocycles. The van der Waals surface area contributed by atoms with Gasteiger partial charge < -0.3 is 19.8 Å². The predicted octanol–water partition coefficient (Wildman–Crippen LogP) is 5.48. The Morgan fingerprint density at radius 3 is 2.38 bits per heavy atom. The van der Waals surface area contributed by atoms with E-state index in [1.54, 1.807) is 49.4 Å². The quantitative estimate of drug-likeness (QED) is 0.342. The molecule has 34 heavy (non-hydrogen) atoms. The molecule has 0 radical (unpaired) electrons. The average molecular weight is 477 g/mol. The standard InChI is InChI=1S/C25H21ClN4O4/c1-2-33-24(31)17-12-14-18(15-13-17)27-25(32)28-21(16-8-4-3-5-9-16)23-30-29-22(34-23)19-10-6-7-11-20(19)26/h3-15,21H,2H2,1H3,(H2,27,28,32). The molecule has 1 heterocycles. The van der Waals surface area contributed by atoms with E-state index >= 15 is 0 Å². The van der Waals surface area contributed by atoms with E-state index < -0.39 is 18.0 Å². The summed E-state index contributed by atoms with van der Waals surface area (Å²) in [4.78, 5) is 24.6. The number of amides is 2. The van der Waals surface area contributed by atoms with Crippen LogP contribution in [0.25, 0.3) is 11.5 Å². The number of hydrogen-bond donors (Lipinski definition) is 2. The van der Waals surface area contributed by atoms with Crippen LogP contribution in [0.1, 0.15) is 34.8 Å². The Morgan fingerprint density at radius 2 is 1.68 bits per heavy atom. The molecule has 0 spiro atoms. The molecule has 4 rings (SSSR count). The van der Waals surface area contributed by atoms with Crippen molar-refractivity contribution >= 4 is 29.3 Å². The van der Waals surface area contributed by atoms with E-state index in [0.29, 0.717) is 21.8 Å². The highest BCUT2D eigenvalue weighted by atomic mass is 35.5. The van der Waals surface area contributed by atoms with Crippen LogP contribution in [0.3, 0.4) is 0 Å². The van der Waals surface area contributed by atoms with E-state index in [9.17, 15) is 9.59 Å². The maximum atomic E-state index is 12.8. The Hall–Kier alpha value is -4.17. The number of halogens is 1. The fourth-order valence-corrected chi connectivity index (χ4v) is 3.45. The lowest BCUT2D eigenvalue weighted by atomic mass is 10.1. The average Bonchev–Trinajstić information content (AvgIpc) is 3.34. The van der Waals surface area contributed by atoms with Crippen LogP contribution in [0.2, 0.25) is 5.02 Å². The first-order valence-electron chi connectivity index (χ1n) is 10.5. The topological polar surface area (TPSA) is 106 Å². The molecule has 0 fully saturated rings. The zero-order chi connectivity index (χ0) is 23.9. The third-order valence-electron chi connectivity index (χ3n) is 4.85. The summed E-state index contributed by atoms with van der Waals surface area (Å²) in [7, 11) is 0. The summed E-state index contributed by atoms with van der Waals surface area (Å²) >= 11 is 6.25. The molecule has 0 aliphatic carbocycles. The van der Waals surface area contributed by atoms with Crippen molar-refractivity contribution in [2.75, 3.05) is 11.9 Å². The first-order chi connectivity index (χ1) is 16.5. The number of nitrogens with zero attached hydrogens (tertiary/aromatic N) is 2. The summed E-state index contributed by atoms with van der Waals surface area (Å²) in [5.74, 6) is 0.0283. The maximum Gasteiger partial charge on any atom is 0.338 e. The van der Waals surface area contributed by atoms with Gasteiger partial charge in [-0.15, -0.1) is 10.2 Å².